The molecular weight excluding hydrogens is 298 g/mol. The van der Waals surface area contributed by atoms with Crippen molar-refractivity contribution in [2.45, 2.75) is 31.7 Å². The van der Waals surface area contributed by atoms with Crippen molar-refractivity contribution < 1.29 is 14.6 Å². The van der Waals surface area contributed by atoms with Crippen LogP contribution in [0.25, 0.3) is 0 Å². The predicted octanol–water partition coefficient (Wildman–Crippen LogP) is 3.05. The van der Waals surface area contributed by atoms with E-state index in [1.54, 1.807) is 12.1 Å². The molecule has 0 atom stereocenters. The van der Waals surface area contributed by atoms with E-state index in [1.165, 1.54) is 7.11 Å². The Labute approximate surface area is 114 Å². The van der Waals surface area contributed by atoms with E-state index < -0.39 is 5.54 Å². The van der Waals surface area contributed by atoms with Crippen molar-refractivity contribution in [1.82, 2.24) is 0 Å². The van der Waals surface area contributed by atoms with Crippen LogP contribution in [0, 0.1) is 0 Å². The first-order valence-electron chi connectivity index (χ1n) is 5.77. The van der Waals surface area contributed by atoms with Gasteiger partial charge in [-0.2, -0.15) is 4.99 Å². The van der Waals surface area contributed by atoms with E-state index in [-0.39, 0.29) is 5.75 Å². The van der Waals surface area contributed by atoms with E-state index in [0.29, 0.717) is 11.3 Å². The number of isocyanates is 1. The minimum absolute atomic E-state index is 0.0538. The molecule has 18 heavy (non-hydrogen) atoms. The summed E-state index contributed by atoms with van der Waals surface area (Å²) in [6.07, 6.45) is 3.88. The number of methoxy groups -OCH3 is 1. The van der Waals surface area contributed by atoms with Gasteiger partial charge in [0.05, 0.1) is 7.11 Å². The number of nitrogens with zero attached hydrogens (tertiary/aromatic N) is 1. The summed E-state index contributed by atoms with van der Waals surface area (Å²) in [5.74, 6) is 0.468. The second-order valence-corrected chi connectivity index (χ2v) is 5.16. The average molecular weight is 312 g/mol. The fourth-order valence-electron chi connectivity index (χ4n) is 2.14. The monoisotopic (exact) mass is 311 g/mol. The Kier molecular flexibility index (Phi) is 3.46. The highest BCUT2D eigenvalue weighted by atomic mass is 79.9. The summed E-state index contributed by atoms with van der Waals surface area (Å²) in [4.78, 5) is 14.4. The van der Waals surface area contributed by atoms with Crippen LogP contribution in [-0.2, 0) is 16.8 Å². The van der Waals surface area contributed by atoms with Gasteiger partial charge in [0.25, 0.3) is 0 Å². The highest BCUT2D eigenvalue weighted by Crippen LogP contribution is 2.57. The molecule has 1 fully saturated rings. The molecule has 1 aromatic rings. The third kappa shape index (κ3) is 1.93. The second kappa shape index (κ2) is 4.75. The zero-order chi connectivity index (χ0) is 13.3. The summed E-state index contributed by atoms with van der Waals surface area (Å²) < 4.78 is 5.98. The summed E-state index contributed by atoms with van der Waals surface area (Å²) in [5, 5.41) is 10.2. The zero-order valence-corrected chi connectivity index (χ0v) is 11.9. The molecular formula is C13H14BrNO3. The molecule has 1 aliphatic rings. The van der Waals surface area contributed by atoms with E-state index >= 15 is 0 Å². The number of phenols is 1. The Bertz CT molecular complexity index is 503. The zero-order valence-electron chi connectivity index (χ0n) is 10.3. The van der Waals surface area contributed by atoms with Gasteiger partial charge < -0.3 is 9.84 Å². The molecule has 4 nitrogen and oxygen atoms in total. The number of aryl methyl sites for hydroxylation is 1. The molecule has 1 aliphatic carbocycles. The van der Waals surface area contributed by atoms with Gasteiger partial charge in [-0.05, 0) is 46.8 Å². The molecule has 0 amide bonds. The van der Waals surface area contributed by atoms with E-state index in [0.717, 1.165) is 29.3 Å². The average Bonchev–Trinajstić information content (AvgIpc) is 3.11. The molecule has 0 heterocycles. The normalized spacial score (nSPS) is 15.9. The van der Waals surface area contributed by atoms with Crippen molar-refractivity contribution in [3.63, 3.8) is 0 Å². The van der Waals surface area contributed by atoms with Crippen LogP contribution in [0.1, 0.15) is 30.9 Å². The second-order valence-electron chi connectivity index (χ2n) is 4.36. The Morgan fingerprint density at radius 1 is 1.61 bits per heavy atom. The number of phenolic OH excluding ortho intramolecular Hbond substituents is 1. The van der Waals surface area contributed by atoms with Crippen LogP contribution in [0.4, 0.5) is 0 Å². The number of hydrogen-bond acceptors (Lipinski definition) is 4. The molecule has 0 bridgehead atoms. The van der Waals surface area contributed by atoms with Gasteiger partial charge in [0.1, 0.15) is 5.54 Å². The van der Waals surface area contributed by atoms with E-state index in [9.17, 15) is 9.90 Å². The summed E-state index contributed by atoms with van der Waals surface area (Å²) in [6, 6.07) is 1.80. The summed E-state index contributed by atoms with van der Waals surface area (Å²) in [5.41, 5.74) is 1.04. The molecule has 0 saturated heterocycles. The van der Waals surface area contributed by atoms with Crippen molar-refractivity contribution in [2.24, 2.45) is 4.99 Å². The largest absolute Gasteiger partial charge is 0.504 e. The van der Waals surface area contributed by atoms with Gasteiger partial charge in [0.15, 0.2) is 11.5 Å². The molecule has 0 radical (unpaired) electrons. The minimum atomic E-state index is -0.622. The highest BCUT2D eigenvalue weighted by molar-refractivity contribution is 9.10. The van der Waals surface area contributed by atoms with Crippen LogP contribution in [0.5, 0.6) is 11.5 Å². The van der Waals surface area contributed by atoms with Crippen molar-refractivity contribution >= 4 is 22.0 Å². The van der Waals surface area contributed by atoms with Crippen molar-refractivity contribution in [3.8, 4) is 11.5 Å². The minimum Gasteiger partial charge on any atom is -0.504 e. The predicted molar refractivity (Wildman–Crippen MR) is 70.8 cm³/mol. The van der Waals surface area contributed by atoms with Gasteiger partial charge in [-0.15, -0.1) is 0 Å². The fraction of sp³-hybridized carbons (Fsp3) is 0.462. The highest BCUT2D eigenvalue weighted by Gasteiger charge is 2.49. The van der Waals surface area contributed by atoms with E-state index in [1.807, 2.05) is 6.92 Å². The number of benzene rings is 1. The molecule has 96 valence electrons. The summed E-state index contributed by atoms with van der Waals surface area (Å²) in [6.45, 7) is 2.02. The third-order valence-electron chi connectivity index (χ3n) is 3.33. The Hall–Kier alpha value is -1.32. The fourth-order valence-corrected chi connectivity index (χ4v) is 3.09. The van der Waals surface area contributed by atoms with E-state index in [2.05, 4.69) is 20.9 Å². The Morgan fingerprint density at radius 3 is 2.72 bits per heavy atom. The number of hydrogen-bond donors (Lipinski definition) is 1. The molecule has 0 aromatic heterocycles. The van der Waals surface area contributed by atoms with Gasteiger partial charge in [-0.25, -0.2) is 4.79 Å². The van der Waals surface area contributed by atoms with Crippen molar-refractivity contribution in [3.05, 3.63) is 21.7 Å². The van der Waals surface area contributed by atoms with Gasteiger partial charge in [0, 0.05) is 10.0 Å². The standard InChI is InChI=1S/C13H14BrNO3/c1-3-8-6-9(18-2)12(17)10(11(8)14)13(4-5-13)15-7-16/h6,17H,3-5H2,1-2H3. The van der Waals surface area contributed by atoms with Crippen LogP contribution >= 0.6 is 15.9 Å². The van der Waals surface area contributed by atoms with Crippen LogP contribution in [-0.4, -0.2) is 18.3 Å². The van der Waals surface area contributed by atoms with Crippen LogP contribution in [0.3, 0.4) is 0 Å². The number of carbonyl (C=O) groups excluding carboxylic acids is 1. The SMILES string of the molecule is CCc1cc(OC)c(O)c(C2(N=C=O)CC2)c1Br. The van der Waals surface area contributed by atoms with Gasteiger partial charge in [-0.1, -0.05) is 6.92 Å². The summed E-state index contributed by atoms with van der Waals surface area (Å²) >= 11 is 3.50. The van der Waals surface area contributed by atoms with Gasteiger partial charge >= 0.3 is 0 Å². The van der Waals surface area contributed by atoms with Gasteiger partial charge in [0.2, 0.25) is 6.08 Å². The lowest BCUT2D eigenvalue weighted by Crippen LogP contribution is -2.07. The lowest BCUT2D eigenvalue weighted by atomic mass is 9.99. The lowest BCUT2D eigenvalue weighted by molar-refractivity contribution is 0.366. The molecule has 5 heteroatoms. The molecule has 1 N–H and O–H groups in total. The van der Waals surface area contributed by atoms with Crippen molar-refractivity contribution in [1.29, 1.82) is 0 Å². The van der Waals surface area contributed by atoms with Crippen LogP contribution in [0.2, 0.25) is 0 Å². The number of rotatable bonds is 4. The lowest BCUT2D eigenvalue weighted by Gasteiger charge is -2.18. The molecule has 0 unspecified atom stereocenters. The summed E-state index contributed by atoms with van der Waals surface area (Å²) in [7, 11) is 1.51. The maximum Gasteiger partial charge on any atom is 0.235 e. The first-order valence-corrected chi connectivity index (χ1v) is 6.56. The molecule has 0 spiro atoms. The van der Waals surface area contributed by atoms with E-state index in [4.69, 9.17) is 4.74 Å². The number of aromatic hydroxyl groups is 1. The number of ether oxygens (including phenoxy) is 1. The first-order chi connectivity index (χ1) is 8.59. The third-order valence-corrected chi connectivity index (χ3v) is 4.23. The smallest absolute Gasteiger partial charge is 0.235 e. The first kappa shape index (κ1) is 13.1. The Balaban J connectivity index is 2.69. The quantitative estimate of drug-likeness (QED) is 0.686. The molecule has 2 rings (SSSR count). The number of halogens is 1. The maximum absolute atomic E-state index is 10.5. The van der Waals surface area contributed by atoms with Gasteiger partial charge in [-0.3, -0.25) is 0 Å². The number of aliphatic imine (C=N–C) groups is 1. The van der Waals surface area contributed by atoms with Crippen LogP contribution in [0.15, 0.2) is 15.5 Å². The Morgan fingerprint density at radius 2 is 2.28 bits per heavy atom. The van der Waals surface area contributed by atoms with Crippen molar-refractivity contribution in [2.75, 3.05) is 7.11 Å². The molecule has 1 aromatic carbocycles. The van der Waals surface area contributed by atoms with Crippen LogP contribution < -0.4 is 4.74 Å². The molecule has 0 aliphatic heterocycles. The maximum atomic E-state index is 10.5. The molecule has 1 saturated carbocycles. The topological polar surface area (TPSA) is 58.9 Å².